The van der Waals surface area contributed by atoms with E-state index < -0.39 is 11.0 Å². The highest BCUT2D eigenvalue weighted by molar-refractivity contribution is 5.69. The zero-order valence-electron chi connectivity index (χ0n) is 11.1. The Hall–Kier alpha value is -2.32. The van der Waals surface area contributed by atoms with Gasteiger partial charge in [0.25, 0.3) is 11.6 Å². The summed E-state index contributed by atoms with van der Waals surface area (Å²) in [5, 5.41) is 14.9. The van der Waals surface area contributed by atoms with Gasteiger partial charge in [-0.05, 0) is 13.0 Å². The number of hydrogen-bond acceptors (Lipinski definition) is 7. The number of nitrogens with two attached hydrogens (primary N) is 1. The quantitative estimate of drug-likeness (QED) is 0.651. The van der Waals surface area contributed by atoms with Crippen LogP contribution in [-0.4, -0.2) is 28.8 Å². The van der Waals surface area contributed by atoms with Crippen molar-refractivity contribution in [3.8, 4) is 11.5 Å². The average Bonchev–Trinajstić information content (AvgIpc) is 2.87. The van der Waals surface area contributed by atoms with Gasteiger partial charge in [0.05, 0.1) is 17.6 Å². The number of nitro groups is 1. The molecule has 2 rings (SSSR count). The second-order valence-electron chi connectivity index (χ2n) is 4.25. The maximum absolute atomic E-state index is 11.1. The van der Waals surface area contributed by atoms with E-state index in [1.165, 1.54) is 7.11 Å². The predicted molar refractivity (Wildman–Crippen MR) is 69.9 cm³/mol. The summed E-state index contributed by atoms with van der Waals surface area (Å²) in [4.78, 5) is 14.8. The molecule has 1 heterocycles. The third-order valence-electron chi connectivity index (χ3n) is 2.77. The summed E-state index contributed by atoms with van der Waals surface area (Å²) in [5.41, 5.74) is 6.53. The van der Waals surface area contributed by atoms with Crippen molar-refractivity contribution in [2.24, 2.45) is 5.73 Å². The zero-order valence-corrected chi connectivity index (χ0v) is 11.1. The van der Waals surface area contributed by atoms with Crippen LogP contribution >= 0.6 is 0 Å². The minimum atomic E-state index is -0.540. The summed E-state index contributed by atoms with van der Waals surface area (Å²) < 4.78 is 9.96. The molecule has 106 valence electrons. The number of benzene rings is 1. The Bertz CT molecular complexity index is 626. The number of rotatable bonds is 5. The summed E-state index contributed by atoms with van der Waals surface area (Å²) in [6, 6.07) is 4.36. The van der Waals surface area contributed by atoms with Gasteiger partial charge in [-0.2, -0.15) is 4.98 Å². The molecular weight excluding hydrogens is 264 g/mol. The molecule has 0 aliphatic heterocycles. The number of methoxy groups -OCH3 is 1. The van der Waals surface area contributed by atoms with Gasteiger partial charge in [0.1, 0.15) is 5.56 Å². The van der Waals surface area contributed by atoms with E-state index in [9.17, 15) is 10.1 Å². The first-order valence-electron chi connectivity index (χ1n) is 5.87. The lowest BCUT2D eigenvalue weighted by atomic mass is 10.1. The third-order valence-corrected chi connectivity index (χ3v) is 2.77. The fourth-order valence-electron chi connectivity index (χ4n) is 1.82. The van der Waals surface area contributed by atoms with E-state index in [1.54, 1.807) is 25.1 Å². The molecule has 1 aromatic heterocycles. The largest absolute Gasteiger partial charge is 0.383 e. The molecule has 0 saturated carbocycles. The van der Waals surface area contributed by atoms with Crippen molar-refractivity contribution in [3.63, 3.8) is 0 Å². The van der Waals surface area contributed by atoms with Crippen molar-refractivity contribution in [1.29, 1.82) is 0 Å². The van der Waals surface area contributed by atoms with Crippen LogP contribution in [0.25, 0.3) is 11.5 Å². The first kappa shape index (κ1) is 14.1. The van der Waals surface area contributed by atoms with E-state index in [1.807, 2.05) is 0 Å². The summed E-state index contributed by atoms with van der Waals surface area (Å²) in [6.45, 7) is 1.88. The molecule has 20 heavy (non-hydrogen) atoms. The Kier molecular flexibility index (Phi) is 4.06. The summed E-state index contributed by atoms with van der Waals surface area (Å²) in [5.74, 6) is 0.319. The average molecular weight is 278 g/mol. The molecule has 0 aliphatic rings. The van der Waals surface area contributed by atoms with Crippen molar-refractivity contribution in [2.75, 3.05) is 13.7 Å². The van der Waals surface area contributed by atoms with Crippen molar-refractivity contribution >= 4 is 5.69 Å². The monoisotopic (exact) mass is 278 g/mol. The third kappa shape index (κ3) is 2.65. The molecule has 8 nitrogen and oxygen atoms in total. The Labute approximate surface area is 114 Å². The fraction of sp³-hybridized carbons (Fsp3) is 0.333. The van der Waals surface area contributed by atoms with Crippen LogP contribution in [-0.2, 0) is 4.74 Å². The van der Waals surface area contributed by atoms with Gasteiger partial charge < -0.3 is 15.0 Å². The molecule has 0 saturated heterocycles. The minimum Gasteiger partial charge on any atom is -0.383 e. The normalized spacial score (nSPS) is 12.3. The standard InChI is InChI=1S/C12H14N4O4/c1-7-4-3-5-8(10(7)16(17)18)12-14-11(15-20-12)9(13)6-19-2/h3-5,9H,6,13H2,1-2H3. The molecule has 0 radical (unpaired) electrons. The highest BCUT2D eigenvalue weighted by atomic mass is 16.6. The van der Waals surface area contributed by atoms with E-state index in [4.69, 9.17) is 15.0 Å². The molecule has 1 unspecified atom stereocenters. The van der Waals surface area contributed by atoms with Gasteiger partial charge in [-0.3, -0.25) is 10.1 Å². The highest BCUT2D eigenvalue weighted by Crippen LogP contribution is 2.31. The van der Waals surface area contributed by atoms with Crippen molar-refractivity contribution in [1.82, 2.24) is 10.1 Å². The Morgan fingerprint density at radius 1 is 1.55 bits per heavy atom. The molecule has 0 aliphatic carbocycles. The van der Waals surface area contributed by atoms with Gasteiger partial charge in [-0.1, -0.05) is 17.3 Å². The summed E-state index contributed by atoms with van der Waals surface area (Å²) in [6.07, 6.45) is 0. The summed E-state index contributed by atoms with van der Waals surface area (Å²) >= 11 is 0. The van der Waals surface area contributed by atoms with Gasteiger partial charge in [0, 0.05) is 12.7 Å². The van der Waals surface area contributed by atoms with Crippen LogP contribution in [0.2, 0.25) is 0 Å². The van der Waals surface area contributed by atoms with E-state index in [2.05, 4.69) is 10.1 Å². The van der Waals surface area contributed by atoms with Gasteiger partial charge in [0.15, 0.2) is 5.82 Å². The molecule has 1 atom stereocenters. The second-order valence-corrected chi connectivity index (χ2v) is 4.25. The number of nitro benzene ring substituents is 1. The van der Waals surface area contributed by atoms with E-state index >= 15 is 0 Å². The second kappa shape index (κ2) is 5.76. The van der Waals surface area contributed by atoms with Crippen molar-refractivity contribution in [3.05, 3.63) is 39.7 Å². The van der Waals surface area contributed by atoms with Crippen LogP contribution in [0, 0.1) is 17.0 Å². The topological polar surface area (TPSA) is 117 Å². The van der Waals surface area contributed by atoms with Gasteiger partial charge in [-0.25, -0.2) is 0 Å². The molecule has 0 fully saturated rings. The van der Waals surface area contributed by atoms with Crippen molar-refractivity contribution in [2.45, 2.75) is 13.0 Å². The molecule has 0 spiro atoms. The van der Waals surface area contributed by atoms with Gasteiger partial charge >= 0.3 is 0 Å². The molecule has 0 bridgehead atoms. The molecular formula is C12H14N4O4. The Morgan fingerprint density at radius 2 is 2.30 bits per heavy atom. The van der Waals surface area contributed by atoms with Crippen LogP contribution in [0.3, 0.4) is 0 Å². The molecule has 1 aromatic carbocycles. The maximum atomic E-state index is 11.1. The SMILES string of the molecule is COCC(N)c1noc(-c2cccc(C)c2[N+](=O)[O-])n1. The molecule has 2 aromatic rings. The van der Waals surface area contributed by atoms with Crippen molar-refractivity contribution < 1.29 is 14.2 Å². The number of hydrogen-bond donors (Lipinski definition) is 1. The van der Waals surface area contributed by atoms with Crippen LogP contribution in [0.5, 0.6) is 0 Å². The fourth-order valence-corrected chi connectivity index (χ4v) is 1.82. The summed E-state index contributed by atoms with van der Waals surface area (Å²) in [7, 11) is 1.51. The van der Waals surface area contributed by atoms with Gasteiger partial charge in [-0.15, -0.1) is 0 Å². The maximum Gasteiger partial charge on any atom is 0.285 e. The lowest BCUT2D eigenvalue weighted by molar-refractivity contribution is -0.384. The molecule has 0 amide bonds. The smallest absolute Gasteiger partial charge is 0.285 e. The number of nitrogens with zero attached hydrogens (tertiary/aromatic N) is 3. The first-order chi connectivity index (χ1) is 9.54. The van der Waals surface area contributed by atoms with Crippen LogP contribution in [0.1, 0.15) is 17.4 Å². The van der Waals surface area contributed by atoms with Crippen LogP contribution in [0.4, 0.5) is 5.69 Å². The number of aryl methyl sites for hydroxylation is 1. The highest BCUT2D eigenvalue weighted by Gasteiger charge is 2.23. The van der Waals surface area contributed by atoms with E-state index in [0.717, 1.165) is 0 Å². The molecule has 8 heteroatoms. The number of aromatic nitrogens is 2. The first-order valence-corrected chi connectivity index (χ1v) is 5.87. The van der Waals surface area contributed by atoms with Crippen LogP contribution in [0.15, 0.2) is 22.7 Å². The van der Waals surface area contributed by atoms with E-state index in [0.29, 0.717) is 5.56 Å². The Balaban J connectivity index is 2.43. The lowest BCUT2D eigenvalue weighted by Crippen LogP contribution is -2.17. The Morgan fingerprint density at radius 3 is 2.95 bits per heavy atom. The minimum absolute atomic E-state index is 0.0528. The zero-order chi connectivity index (χ0) is 14.7. The predicted octanol–water partition coefficient (Wildman–Crippen LogP) is 1.60. The van der Waals surface area contributed by atoms with Gasteiger partial charge in [0.2, 0.25) is 0 Å². The number of ether oxygens (including phenoxy) is 1. The van der Waals surface area contributed by atoms with Crippen LogP contribution < -0.4 is 5.73 Å². The van der Waals surface area contributed by atoms with E-state index in [-0.39, 0.29) is 29.6 Å². The lowest BCUT2D eigenvalue weighted by Gasteiger charge is -2.03. The number of para-hydroxylation sites is 1. The molecule has 2 N–H and O–H groups in total.